The Hall–Kier alpha value is -2.44. The summed E-state index contributed by atoms with van der Waals surface area (Å²) < 4.78 is 5.09. The smallest absolute Gasteiger partial charge is 0.317 e. The maximum atomic E-state index is 12.1. The first kappa shape index (κ1) is 15.9. The van der Waals surface area contributed by atoms with Crippen molar-refractivity contribution in [3.63, 3.8) is 0 Å². The lowest BCUT2D eigenvalue weighted by atomic mass is 10.1. The molecular formula is C15H21N5O2. The molecule has 0 saturated heterocycles. The topological polar surface area (TPSA) is 84.2 Å². The van der Waals surface area contributed by atoms with E-state index in [0.29, 0.717) is 18.3 Å². The third kappa shape index (κ3) is 4.03. The Balaban J connectivity index is 1.87. The van der Waals surface area contributed by atoms with Crippen LogP contribution in [0.1, 0.15) is 42.6 Å². The highest BCUT2D eigenvalue weighted by atomic mass is 16.5. The fourth-order valence-electron chi connectivity index (χ4n) is 1.87. The molecule has 2 aromatic rings. The van der Waals surface area contributed by atoms with Gasteiger partial charge in [0.2, 0.25) is 5.89 Å². The molecule has 0 saturated carbocycles. The number of amides is 2. The molecule has 2 amide bonds. The third-order valence-electron chi connectivity index (χ3n) is 3.28. The molecule has 7 nitrogen and oxygen atoms in total. The van der Waals surface area contributed by atoms with E-state index in [1.165, 1.54) is 0 Å². The average molecular weight is 303 g/mol. The van der Waals surface area contributed by atoms with Crippen molar-refractivity contribution in [3.8, 4) is 0 Å². The Morgan fingerprint density at radius 2 is 2.23 bits per heavy atom. The molecule has 0 spiro atoms. The number of carbonyl (C=O) groups excluding carboxylic acids is 1. The van der Waals surface area contributed by atoms with Crippen LogP contribution in [0, 0.1) is 6.92 Å². The molecule has 22 heavy (non-hydrogen) atoms. The van der Waals surface area contributed by atoms with Gasteiger partial charge >= 0.3 is 6.03 Å². The van der Waals surface area contributed by atoms with Gasteiger partial charge in [0.25, 0.3) is 0 Å². The molecule has 1 N–H and O–H groups in total. The van der Waals surface area contributed by atoms with Crippen LogP contribution in [0.5, 0.6) is 0 Å². The lowest BCUT2D eigenvalue weighted by Gasteiger charge is -2.18. The normalized spacial score (nSPS) is 10.8. The van der Waals surface area contributed by atoms with Gasteiger partial charge in [-0.15, -0.1) is 0 Å². The van der Waals surface area contributed by atoms with Crippen LogP contribution in [-0.2, 0) is 13.1 Å². The van der Waals surface area contributed by atoms with Crippen molar-refractivity contribution in [2.45, 2.75) is 39.8 Å². The molecule has 2 rings (SSSR count). The molecule has 0 radical (unpaired) electrons. The maximum Gasteiger partial charge on any atom is 0.317 e. The van der Waals surface area contributed by atoms with E-state index in [4.69, 9.17) is 4.52 Å². The molecule has 2 aromatic heterocycles. The quantitative estimate of drug-likeness (QED) is 0.915. The number of rotatable bonds is 5. The molecule has 0 bridgehead atoms. The zero-order valence-electron chi connectivity index (χ0n) is 13.3. The first-order valence-electron chi connectivity index (χ1n) is 7.18. The van der Waals surface area contributed by atoms with Gasteiger partial charge < -0.3 is 14.7 Å². The van der Waals surface area contributed by atoms with Gasteiger partial charge in [0.1, 0.15) is 0 Å². The molecule has 0 aliphatic carbocycles. The Morgan fingerprint density at radius 3 is 2.86 bits per heavy atom. The summed E-state index contributed by atoms with van der Waals surface area (Å²) in [5.41, 5.74) is 2.12. The maximum absolute atomic E-state index is 12.1. The van der Waals surface area contributed by atoms with Crippen LogP contribution in [0.2, 0.25) is 0 Å². The predicted octanol–water partition coefficient (Wildman–Crippen LogP) is 2.24. The minimum absolute atomic E-state index is 0.194. The van der Waals surface area contributed by atoms with Gasteiger partial charge in [0, 0.05) is 31.9 Å². The van der Waals surface area contributed by atoms with E-state index in [0.717, 1.165) is 11.1 Å². The van der Waals surface area contributed by atoms with Crippen LogP contribution in [0.15, 0.2) is 23.0 Å². The Labute approximate surface area is 129 Å². The summed E-state index contributed by atoms with van der Waals surface area (Å²) in [5, 5.41) is 6.63. The summed E-state index contributed by atoms with van der Waals surface area (Å²) in [6.07, 6.45) is 3.51. The highest BCUT2D eigenvalue weighted by Crippen LogP contribution is 2.10. The molecule has 0 unspecified atom stereocenters. The number of nitrogens with zero attached hydrogens (tertiary/aromatic N) is 4. The molecule has 0 aromatic carbocycles. The lowest BCUT2D eigenvalue weighted by Crippen LogP contribution is -2.36. The lowest BCUT2D eigenvalue weighted by molar-refractivity contribution is 0.204. The average Bonchev–Trinajstić information content (AvgIpc) is 2.96. The van der Waals surface area contributed by atoms with Gasteiger partial charge in [-0.25, -0.2) is 4.79 Å². The SMILES string of the molecule is Cc1cnccc1CN(C)C(=O)NCc1nc(C(C)C)no1. The van der Waals surface area contributed by atoms with Gasteiger partial charge in [-0.3, -0.25) is 4.98 Å². The number of pyridine rings is 1. The fourth-order valence-corrected chi connectivity index (χ4v) is 1.87. The molecule has 7 heteroatoms. The van der Waals surface area contributed by atoms with Crippen molar-refractivity contribution in [1.29, 1.82) is 0 Å². The number of carbonyl (C=O) groups is 1. The van der Waals surface area contributed by atoms with Gasteiger partial charge in [-0.05, 0) is 24.1 Å². The van der Waals surface area contributed by atoms with Gasteiger partial charge in [0.05, 0.1) is 6.54 Å². The number of nitrogens with one attached hydrogen (secondary N) is 1. The largest absolute Gasteiger partial charge is 0.337 e. The van der Waals surface area contributed by atoms with Crippen molar-refractivity contribution in [2.75, 3.05) is 7.05 Å². The zero-order chi connectivity index (χ0) is 16.1. The molecule has 0 aliphatic rings. The molecule has 0 aliphatic heterocycles. The summed E-state index contributed by atoms with van der Waals surface area (Å²) >= 11 is 0. The summed E-state index contributed by atoms with van der Waals surface area (Å²) in [4.78, 5) is 21.9. The number of aromatic nitrogens is 3. The Morgan fingerprint density at radius 1 is 1.45 bits per heavy atom. The van der Waals surface area contributed by atoms with Crippen molar-refractivity contribution >= 4 is 6.03 Å². The summed E-state index contributed by atoms with van der Waals surface area (Å²) in [5.74, 6) is 1.25. The second kappa shape index (κ2) is 7.02. The van der Waals surface area contributed by atoms with Crippen LogP contribution < -0.4 is 5.32 Å². The monoisotopic (exact) mass is 303 g/mol. The van der Waals surface area contributed by atoms with Crippen LogP contribution in [0.4, 0.5) is 4.79 Å². The minimum atomic E-state index is -0.194. The fraction of sp³-hybridized carbons (Fsp3) is 0.467. The second-order valence-electron chi connectivity index (χ2n) is 5.52. The van der Waals surface area contributed by atoms with Gasteiger partial charge in [-0.1, -0.05) is 19.0 Å². The van der Waals surface area contributed by atoms with E-state index in [9.17, 15) is 4.79 Å². The second-order valence-corrected chi connectivity index (χ2v) is 5.52. The van der Waals surface area contributed by atoms with E-state index in [1.54, 1.807) is 24.3 Å². The van der Waals surface area contributed by atoms with Crippen LogP contribution >= 0.6 is 0 Å². The summed E-state index contributed by atoms with van der Waals surface area (Å²) in [6.45, 7) is 6.68. The number of urea groups is 1. The van der Waals surface area contributed by atoms with Crippen LogP contribution in [0.3, 0.4) is 0 Å². The predicted molar refractivity (Wildman–Crippen MR) is 81.1 cm³/mol. The van der Waals surface area contributed by atoms with E-state index in [2.05, 4.69) is 20.4 Å². The van der Waals surface area contributed by atoms with Crippen molar-refractivity contribution < 1.29 is 9.32 Å². The molecule has 0 atom stereocenters. The first-order valence-corrected chi connectivity index (χ1v) is 7.18. The van der Waals surface area contributed by atoms with E-state index < -0.39 is 0 Å². The number of aryl methyl sites for hydroxylation is 1. The number of hydrogen-bond acceptors (Lipinski definition) is 5. The highest BCUT2D eigenvalue weighted by molar-refractivity contribution is 5.73. The molecular weight excluding hydrogens is 282 g/mol. The van der Waals surface area contributed by atoms with E-state index in [1.807, 2.05) is 26.8 Å². The summed E-state index contributed by atoms with van der Waals surface area (Å²) in [7, 11) is 1.74. The summed E-state index contributed by atoms with van der Waals surface area (Å²) in [6, 6.07) is 1.71. The standard InChI is InChI=1S/C15H21N5O2/c1-10(2)14-18-13(22-19-14)8-17-15(21)20(4)9-12-5-6-16-7-11(12)3/h5-7,10H,8-9H2,1-4H3,(H,17,21). The Bertz CT molecular complexity index is 638. The van der Waals surface area contributed by atoms with Crippen molar-refractivity contribution in [1.82, 2.24) is 25.3 Å². The first-order chi connectivity index (χ1) is 10.5. The molecule has 0 fully saturated rings. The van der Waals surface area contributed by atoms with Crippen LogP contribution in [0.25, 0.3) is 0 Å². The van der Waals surface area contributed by atoms with Crippen molar-refractivity contribution in [2.24, 2.45) is 0 Å². The molecule has 118 valence electrons. The number of hydrogen-bond donors (Lipinski definition) is 1. The third-order valence-corrected chi connectivity index (χ3v) is 3.28. The highest BCUT2D eigenvalue weighted by Gasteiger charge is 2.13. The van der Waals surface area contributed by atoms with E-state index in [-0.39, 0.29) is 18.5 Å². The van der Waals surface area contributed by atoms with Crippen molar-refractivity contribution in [3.05, 3.63) is 41.3 Å². The van der Waals surface area contributed by atoms with Gasteiger partial charge in [-0.2, -0.15) is 4.98 Å². The van der Waals surface area contributed by atoms with E-state index >= 15 is 0 Å². The van der Waals surface area contributed by atoms with Crippen LogP contribution in [-0.4, -0.2) is 33.1 Å². The molecule has 2 heterocycles. The zero-order valence-corrected chi connectivity index (χ0v) is 13.3. The Kier molecular flexibility index (Phi) is 5.08. The minimum Gasteiger partial charge on any atom is -0.337 e. The van der Waals surface area contributed by atoms with Gasteiger partial charge in [0.15, 0.2) is 5.82 Å².